The van der Waals surface area contributed by atoms with Gasteiger partial charge in [-0.25, -0.2) is 0 Å². The fourth-order valence-corrected chi connectivity index (χ4v) is 4.60. The number of hydrogen-bond acceptors (Lipinski definition) is 2. The number of hydrogen-bond donors (Lipinski definition) is 1. The molecule has 0 spiro atoms. The predicted octanol–water partition coefficient (Wildman–Crippen LogP) is 3.68. The van der Waals surface area contributed by atoms with Crippen molar-refractivity contribution in [1.82, 2.24) is 14.8 Å². The van der Waals surface area contributed by atoms with Crippen LogP contribution in [0.1, 0.15) is 73.2 Å². The molecule has 134 valence electrons. The summed E-state index contributed by atoms with van der Waals surface area (Å²) in [7, 11) is 4.31. The Morgan fingerprint density at radius 2 is 2.04 bits per heavy atom. The minimum atomic E-state index is 0.0921. The second-order valence-corrected chi connectivity index (χ2v) is 8.39. The van der Waals surface area contributed by atoms with E-state index in [1.807, 2.05) is 0 Å². The molecule has 1 N–H and O–H groups in total. The van der Waals surface area contributed by atoms with Gasteiger partial charge >= 0.3 is 0 Å². The quantitative estimate of drug-likeness (QED) is 0.893. The van der Waals surface area contributed by atoms with E-state index in [1.165, 1.54) is 44.2 Å². The van der Waals surface area contributed by atoms with E-state index in [0.29, 0.717) is 6.04 Å². The van der Waals surface area contributed by atoms with Gasteiger partial charge in [0.25, 0.3) is 5.91 Å². The van der Waals surface area contributed by atoms with Gasteiger partial charge in [0.05, 0.1) is 5.56 Å². The number of amides is 1. The van der Waals surface area contributed by atoms with Gasteiger partial charge in [0.15, 0.2) is 0 Å². The zero-order valence-corrected chi connectivity index (χ0v) is 16.0. The van der Waals surface area contributed by atoms with Gasteiger partial charge in [-0.2, -0.15) is 0 Å². The topological polar surface area (TPSA) is 37.3 Å². The summed E-state index contributed by atoms with van der Waals surface area (Å²) in [6.45, 7) is 7.29. The van der Waals surface area contributed by atoms with E-state index in [2.05, 4.69) is 55.7 Å². The molecule has 2 aliphatic rings. The van der Waals surface area contributed by atoms with Crippen molar-refractivity contribution in [2.45, 2.75) is 70.9 Å². The first-order valence-corrected chi connectivity index (χ1v) is 9.48. The Labute approximate surface area is 146 Å². The molecule has 0 saturated heterocycles. The summed E-state index contributed by atoms with van der Waals surface area (Å²) in [5, 5.41) is 3.26. The van der Waals surface area contributed by atoms with Gasteiger partial charge in [-0.1, -0.05) is 19.8 Å². The van der Waals surface area contributed by atoms with E-state index < -0.39 is 0 Å². The van der Waals surface area contributed by atoms with Crippen LogP contribution in [0.25, 0.3) is 0 Å². The van der Waals surface area contributed by atoms with E-state index in [4.69, 9.17) is 0 Å². The summed E-state index contributed by atoms with van der Waals surface area (Å²) >= 11 is 0. The average Bonchev–Trinajstić information content (AvgIpc) is 3.30. The summed E-state index contributed by atoms with van der Waals surface area (Å²) in [6, 6.07) is 2.69. The standard InChI is InChI=1S/C20H33N3O/c1-14-7-6-10-20(12-14,22(4)5)13-21-19(24)18-11-15(2)23(16(18)3)17-8-9-17/h11,14,17H,6-10,12-13H2,1-5H3,(H,21,24)/t14-,20+/m0/s1. The Bertz CT molecular complexity index is 615. The molecule has 4 nitrogen and oxygen atoms in total. The Morgan fingerprint density at radius 1 is 1.33 bits per heavy atom. The lowest BCUT2D eigenvalue weighted by Crippen LogP contribution is -2.55. The fourth-order valence-electron chi connectivity index (χ4n) is 4.60. The highest BCUT2D eigenvalue weighted by atomic mass is 16.1. The van der Waals surface area contributed by atoms with E-state index in [1.54, 1.807) is 0 Å². The lowest BCUT2D eigenvalue weighted by Gasteiger charge is -2.45. The maximum atomic E-state index is 12.8. The minimum Gasteiger partial charge on any atom is -0.350 e. The molecule has 3 rings (SSSR count). The number of carbonyl (C=O) groups excluding carboxylic acids is 1. The summed E-state index contributed by atoms with van der Waals surface area (Å²) in [6.07, 6.45) is 7.41. The highest BCUT2D eigenvalue weighted by molar-refractivity contribution is 5.95. The Morgan fingerprint density at radius 3 is 2.62 bits per heavy atom. The SMILES string of the molecule is Cc1cc(C(=O)NC[C@@]2(N(C)C)CCC[C@H](C)C2)c(C)n1C1CC1. The van der Waals surface area contributed by atoms with Crippen molar-refractivity contribution in [2.75, 3.05) is 20.6 Å². The first-order valence-electron chi connectivity index (χ1n) is 9.48. The summed E-state index contributed by atoms with van der Waals surface area (Å²) in [5.74, 6) is 0.826. The number of rotatable bonds is 5. The minimum absolute atomic E-state index is 0.0921. The second kappa shape index (κ2) is 6.55. The third-order valence-corrected chi connectivity index (χ3v) is 6.24. The molecule has 1 aromatic heterocycles. The van der Waals surface area contributed by atoms with Crippen LogP contribution in [0.2, 0.25) is 0 Å². The van der Waals surface area contributed by atoms with Crippen molar-refractivity contribution in [3.63, 3.8) is 0 Å². The van der Waals surface area contributed by atoms with Crippen molar-refractivity contribution >= 4 is 5.91 Å². The molecule has 4 heteroatoms. The maximum absolute atomic E-state index is 12.8. The van der Waals surface area contributed by atoms with Crippen LogP contribution < -0.4 is 5.32 Å². The number of nitrogens with one attached hydrogen (secondary N) is 1. The zero-order chi connectivity index (χ0) is 17.5. The average molecular weight is 332 g/mol. The molecule has 0 radical (unpaired) electrons. The van der Waals surface area contributed by atoms with Crippen molar-refractivity contribution in [2.24, 2.45) is 5.92 Å². The molecule has 2 aliphatic carbocycles. The maximum Gasteiger partial charge on any atom is 0.253 e. The van der Waals surface area contributed by atoms with Crippen LogP contribution in [0.5, 0.6) is 0 Å². The van der Waals surface area contributed by atoms with Gasteiger partial charge in [0, 0.05) is 29.5 Å². The second-order valence-electron chi connectivity index (χ2n) is 8.39. The summed E-state index contributed by atoms with van der Waals surface area (Å²) in [5.41, 5.74) is 3.31. The molecule has 0 aromatic carbocycles. The third-order valence-electron chi connectivity index (χ3n) is 6.24. The molecule has 0 bridgehead atoms. The molecule has 1 amide bonds. The molecule has 24 heavy (non-hydrogen) atoms. The monoisotopic (exact) mass is 331 g/mol. The lowest BCUT2D eigenvalue weighted by molar-refractivity contribution is 0.0675. The van der Waals surface area contributed by atoms with Gasteiger partial charge in [-0.15, -0.1) is 0 Å². The molecule has 0 unspecified atom stereocenters. The van der Waals surface area contributed by atoms with Gasteiger partial charge in [0.1, 0.15) is 0 Å². The van der Waals surface area contributed by atoms with Gasteiger partial charge < -0.3 is 14.8 Å². The van der Waals surface area contributed by atoms with Crippen LogP contribution in [0.3, 0.4) is 0 Å². The molecular formula is C20H33N3O. The van der Waals surface area contributed by atoms with Crippen LogP contribution in [-0.2, 0) is 0 Å². The van der Waals surface area contributed by atoms with E-state index >= 15 is 0 Å². The summed E-state index contributed by atoms with van der Waals surface area (Å²) < 4.78 is 2.35. The van der Waals surface area contributed by atoms with Crippen molar-refractivity contribution in [3.8, 4) is 0 Å². The Balaban J connectivity index is 1.71. The van der Waals surface area contributed by atoms with Crippen LogP contribution >= 0.6 is 0 Å². The number of aromatic nitrogens is 1. The van der Waals surface area contributed by atoms with E-state index in [-0.39, 0.29) is 11.4 Å². The third kappa shape index (κ3) is 3.26. The van der Waals surface area contributed by atoms with E-state index in [9.17, 15) is 4.79 Å². The molecule has 2 fully saturated rings. The van der Waals surface area contributed by atoms with Gasteiger partial charge in [0.2, 0.25) is 0 Å². The van der Waals surface area contributed by atoms with Gasteiger partial charge in [-0.3, -0.25) is 4.79 Å². The van der Waals surface area contributed by atoms with Crippen molar-refractivity contribution < 1.29 is 4.79 Å². The molecule has 2 atom stereocenters. The molecule has 0 aliphatic heterocycles. The normalized spacial score (nSPS) is 27.5. The van der Waals surface area contributed by atoms with Crippen LogP contribution in [-0.4, -0.2) is 41.6 Å². The summed E-state index contributed by atoms with van der Waals surface area (Å²) in [4.78, 5) is 15.1. The van der Waals surface area contributed by atoms with Crippen molar-refractivity contribution in [3.05, 3.63) is 23.0 Å². The Kier molecular flexibility index (Phi) is 4.78. The van der Waals surface area contributed by atoms with Crippen LogP contribution in [0.4, 0.5) is 0 Å². The zero-order valence-electron chi connectivity index (χ0n) is 16.0. The highest BCUT2D eigenvalue weighted by Crippen LogP contribution is 2.38. The first kappa shape index (κ1) is 17.5. The largest absolute Gasteiger partial charge is 0.350 e. The van der Waals surface area contributed by atoms with Crippen molar-refractivity contribution in [1.29, 1.82) is 0 Å². The molecule has 1 aromatic rings. The van der Waals surface area contributed by atoms with Gasteiger partial charge in [-0.05, 0) is 65.6 Å². The smallest absolute Gasteiger partial charge is 0.253 e. The molecule has 1 heterocycles. The molecular weight excluding hydrogens is 298 g/mol. The first-order chi connectivity index (χ1) is 11.3. The van der Waals surface area contributed by atoms with E-state index in [0.717, 1.165) is 23.7 Å². The number of likely N-dealkylation sites (N-methyl/N-ethyl adjacent to an activating group) is 1. The fraction of sp³-hybridized carbons (Fsp3) is 0.750. The number of nitrogens with zero attached hydrogens (tertiary/aromatic N) is 2. The number of carbonyl (C=O) groups is 1. The van der Waals surface area contributed by atoms with Crippen LogP contribution in [0.15, 0.2) is 6.07 Å². The number of aryl methyl sites for hydroxylation is 1. The Hall–Kier alpha value is -1.29. The van der Waals surface area contributed by atoms with Crippen LogP contribution in [0, 0.1) is 19.8 Å². The highest BCUT2D eigenvalue weighted by Gasteiger charge is 2.37. The lowest BCUT2D eigenvalue weighted by atomic mass is 9.75. The predicted molar refractivity (Wildman–Crippen MR) is 98.6 cm³/mol. The molecule has 2 saturated carbocycles.